The molecule has 2 unspecified atom stereocenters. The van der Waals surface area contributed by atoms with Crippen molar-refractivity contribution in [3.8, 4) is 0 Å². The van der Waals surface area contributed by atoms with Gasteiger partial charge in [0.15, 0.2) is 0 Å². The van der Waals surface area contributed by atoms with Crippen LogP contribution in [0.5, 0.6) is 0 Å². The lowest BCUT2D eigenvalue weighted by atomic mass is 9.80. The van der Waals surface area contributed by atoms with Gasteiger partial charge in [-0.15, -0.1) is 0 Å². The Kier molecular flexibility index (Phi) is 3.34. The second kappa shape index (κ2) is 4.30. The fourth-order valence-corrected chi connectivity index (χ4v) is 1.92. The molecule has 1 aliphatic rings. The van der Waals surface area contributed by atoms with Crippen molar-refractivity contribution >= 4 is 5.97 Å². The van der Waals surface area contributed by atoms with Crippen molar-refractivity contribution in [1.82, 2.24) is 0 Å². The molecule has 0 aliphatic heterocycles. The van der Waals surface area contributed by atoms with E-state index in [1.807, 2.05) is 0 Å². The number of hydrogen-bond acceptors (Lipinski definition) is 2. The number of allylic oxidation sites excluding steroid dienone is 2. The van der Waals surface area contributed by atoms with Gasteiger partial charge in [0.05, 0.1) is 11.7 Å². The summed E-state index contributed by atoms with van der Waals surface area (Å²) in [6.07, 6.45) is 4.82. The van der Waals surface area contributed by atoms with Crippen molar-refractivity contribution in [1.29, 1.82) is 0 Å². The van der Waals surface area contributed by atoms with E-state index in [-0.39, 0.29) is 11.8 Å². The maximum atomic E-state index is 10.7. The summed E-state index contributed by atoms with van der Waals surface area (Å²) in [7, 11) is 0. The first kappa shape index (κ1) is 10.1. The zero-order valence-electron chi connectivity index (χ0n) is 7.86. The molecule has 0 amide bonds. The maximum absolute atomic E-state index is 10.7. The van der Waals surface area contributed by atoms with Crippen LogP contribution in [0.1, 0.15) is 32.6 Å². The van der Waals surface area contributed by atoms with Crippen LogP contribution in [0.25, 0.3) is 0 Å². The molecular formula is C10H16O3. The number of carbonyl (C=O) groups is 1. The van der Waals surface area contributed by atoms with Gasteiger partial charge < -0.3 is 10.2 Å². The summed E-state index contributed by atoms with van der Waals surface area (Å²) in [5.74, 6) is -0.569. The third-order valence-corrected chi connectivity index (χ3v) is 2.74. The molecule has 1 rings (SSSR count). The number of hydrogen-bond donors (Lipinski definition) is 2. The van der Waals surface area contributed by atoms with Crippen LogP contribution in [-0.4, -0.2) is 16.2 Å². The van der Waals surface area contributed by atoms with Crippen LogP contribution in [0.4, 0.5) is 0 Å². The largest absolute Gasteiger partial charge is 0.512 e. The molecule has 0 bridgehead atoms. The van der Waals surface area contributed by atoms with E-state index in [1.165, 1.54) is 0 Å². The number of carboxylic acid groups (broad SMARTS) is 1. The van der Waals surface area contributed by atoms with E-state index in [2.05, 4.69) is 0 Å². The molecule has 2 N–H and O–H groups in total. The molecule has 13 heavy (non-hydrogen) atoms. The smallest absolute Gasteiger partial charge is 0.306 e. The first-order valence-corrected chi connectivity index (χ1v) is 4.73. The van der Waals surface area contributed by atoms with Gasteiger partial charge in [0.1, 0.15) is 0 Å². The standard InChI is InChI=1S/C10H16O3/c1-2-9(11)7-4-3-5-8(6-7)10(12)13/h2,7-8,11H,3-6H2,1H3,(H,12,13)/b9-2-. The van der Waals surface area contributed by atoms with E-state index in [4.69, 9.17) is 5.11 Å². The van der Waals surface area contributed by atoms with Crippen LogP contribution in [0.3, 0.4) is 0 Å². The third-order valence-electron chi connectivity index (χ3n) is 2.74. The molecule has 1 aliphatic carbocycles. The first-order valence-electron chi connectivity index (χ1n) is 4.73. The Hall–Kier alpha value is -0.990. The molecule has 2 atom stereocenters. The lowest BCUT2D eigenvalue weighted by Crippen LogP contribution is -2.23. The average molecular weight is 184 g/mol. The predicted octanol–water partition coefficient (Wildman–Crippen LogP) is 2.34. The van der Waals surface area contributed by atoms with E-state index < -0.39 is 5.97 Å². The van der Waals surface area contributed by atoms with E-state index in [0.29, 0.717) is 12.2 Å². The highest BCUT2D eigenvalue weighted by atomic mass is 16.4. The van der Waals surface area contributed by atoms with Gasteiger partial charge in [-0.2, -0.15) is 0 Å². The summed E-state index contributed by atoms with van der Waals surface area (Å²) in [6.45, 7) is 1.78. The number of aliphatic carboxylic acids is 1. The average Bonchev–Trinajstić information content (AvgIpc) is 2.17. The Balaban J connectivity index is 2.56. The van der Waals surface area contributed by atoms with E-state index >= 15 is 0 Å². The minimum Gasteiger partial charge on any atom is -0.512 e. The van der Waals surface area contributed by atoms with Crippen molar-refractivity contribution < 1.29 is 15.0 Å². The van der Waals surface area contributed by atoms with E-state index in [0.717, 1.165) is 19.3 Å². The normalized spacial score (nSPS) is 30.1. The van der Waals surface area contributed by atoms with E-state index in [9.17, 15) is 9.90 Å². The Bertz CT molecular complexity index is 220. The second-order valence-corrected chi connectivity index (χ2v) is 3.61. The lowest BCUT2D eigenvalue weighted by Gasteiger charge is -2.25. The predicted molar refractivity (Wildman–Crippen MR) is 49.5 cm³/mol. The summed E-state index contributed by atoms with van der Waals surface area (Å²) in [6, 6.07) is 0. The van der Waals surface area contributed by atoms with Crippen molar-refractivity contribution in [3.63, 3.8) is 0 Å². The Morgan fingerprint density at radius 2 is 1.92 bits per heavy atom. The molecule has 3 heteroatoms. The van der Waals surface area contributed by atoms with Gasteiger partial charge in [0, 0.05) is 5.92 Å². The fourth-order valence-electron chi connectivity index (χ4n) is 1.92. The highest BCUT2D eigenvalue weighted by Gasteiger charge is 2.28. The first-order chi connectivity index (χ1) is 6.15. The quantitative estimate of drug-likeness (QED) is 0.647. The summed E-state index contributed by atoms with van der Waals surface area (Å²) in [5.41, 5.74) is 0. The molecular weight excluding hydrogens is 168 g/mol. The third kappa shape index (κ3) is 2.47. The SMILES string of the molecule is C/C=C(\O)C1CCCC(C(=O)O)C1. The number of rotatable bonds is 2. The lowest BCUT2D eigenvalue weighted by molar-refractivity contribution is -0.143. The Morgan fingerprint density at radius 1 is 1.31 bits per heavy atom. The number of aliphatic hydroxyl groups is 1. The fraction of sp³-hybridized carbons (Fsp3) is 0.700. The van der Waals surface area contributed by atoms with Crippen LogP contribution in [0.2, 0.25) is 0 Å². The minimum absolute atomic E-state index is 0.0693. The minimum atomic E-state index is -0.728. The van der Waals surface area contributed by atoms with Gasteiger partial charge in [-0.25, -0.2) is 0 Å². The topological polar surface area (TPSA) is 57.5 Å². The molecule has 0 saturated heterocycles. The Morgan fingerprint density at radius 3 is 2.46 bits per heavy atom. The number of aliphatic hydroxyl groups excluding tert-OH is 1. The number of carboxylic acids is 1. The molecule has 0 aromatic heterocycles. The summed E-state index contributed by atoms with van der Waals surface area (Å²) in [5, 5.41) is 18.3. The van der Waals surface area contributed by atoms with Gasteiger partial charge in [0.25, 0.3) is 0 Å². The van der Waals surface area contributed by atoms with Crippen LogP contribution in [-0.2, 0) is 4.79 Å². The van der Waals surface area contributed by atoms with Crippen LogP contribution in [0.15, 0.2) is 11.8 Å². The van der Waals surface area contributed by atoms with Crippen LogP contribution < -0.4 is 0 Å². The van der Waals surface area contributed by atoms with E-state index in [1.54, 1.807) is 13.0 Å². The maximum Gasteiger partial charge on any atom is 0.306 e. The monoisotopic (exact) mass is 184 g/mol. The van der Waals surface area contributed by atoms with Crippen molar-refractivity contribution in [3.05, 3.63) is 11.8 Å². The zero-order valence-corrected chi connectivity index (χ0v) is 7.86. The molecule has 1 fully saturated rings. The summed E-state index contributed by atoms with van der Waals surface area (Å²) < 4.78 is 0. The van der Waals surface area contributed by atoms with Gasteiger partial charge in [-0.05, 0) is 32.3 Å². The van der Waals surface area contributed by atoms with Gasteiger partial charge in [0.2, 0.25) is 0 Å². The van der Waals surface area contributed by atoms with Gasteiger partial charge in [-0.1, -0.05) is 6.42 Å². The van der Waals surface area contributed by atoms with Gasteiger partial charge >= 0.3 is 5.97 Å². The van der Waals surface area contributed by atoms with Gasteiger partial charge in [-0.3, -0.25) is 4.79 Å². The second-order valence-electron chi connectivity index (χ2n) is 3.61. The highest BCUT2D eigenvalue weighted by molar-refractivity contribution is 5.70. The molecule has 0 radical (unpaired) electrons. The molecule has 3 nitrogen and oxygen atoms in total. The summed E-state index contributed by atoms with van der Waals surface area (Å²) in [4.78, 5) is 10.7. The van der Waals surface area contributed by atoms with Crippen molar-refractivity contribution in [2.75, 3.05) is 0 Å². The van der Waals surface area contributed by atoms with Crippen LogP contribution >= 0.6 is 0 Å². The van der Waals surface area contributed by atoms with Crippen molar-refractivity contribution in [2.45, 2.75) is 32.6 Å². The molecule has 0 spiro atoms. The highest BCUT2D eigenvalue weighted by Crippen LogP contribution is 2.32. The zero-order chi connectivity index (χ0) is 9.84. The molecule has 0 aromatic carbocycles. The molecule has 74 valence electrons. The summed E-state index contributed by atoms with van der Waals surface area (Å²) >= 11 is 0. The molecule has 0 heterocycles. The van der Waals surface area contributed by atoms with Crippen LogP contribution in [0, 0.1) is 11.8 Å². The molecule has 1 saturated carbocycles. The molecule has 0 aromatic rings. The van der Waals surface area contributed by atoms with Crippen molar-refractivity contribution in [2.24, 2.45) is 11.8 Å². The Labute approximate surface area is 78.1 Å².